The number of rotatable bonds is 62. The third-order valence-electron chi connectivity index (χ3n) is 15.0. The van der Waals surface area contributed by atoms with Crippen LogP contribution >= 0.6 is 0 Å². The van der Waals surface area contributed by atoms with E-state index in [1.54, 1.807) is 0 Å². The van der Waals surface area contributed by atoms with Gasteiger partial charge in [0.15, 0.2) is 6.10 Å². The first-order valence-corrected chi connectivity index (χ1v) is 33.8. The maximum Gasteiger partial charge on any atom is 0.306 e. The first-order valence-electron chi connectivity index (χ1n) is 33.8. The molecule has 0 aromatic carbocycles. The topological polar surface area (TPSA) is 78.9 Å². The Labute approximate surface area is 479 Å². The standard InChI is InChI=1S/C71H128O6/c1-4-7-10-13-16-19-22-25-27-29-30-31-32-33-34-35-36-37-38-39-40-41-43-44-46-49-52-55-58-61-64-70(73)76-67-68(66-75-69(72)63-60-57-54-51-48-24-21-18-15-12-9-6-3)77-71(74)65-62-59-56-53-50-47-45-42-28-26-23-20-17-14-11-8-5-2/h8,11,17-18,20-21,26,28,45,47,68H,4-7,9-10,12-16,19,22-25,27,29-44,46,48-67H2,1-3H3/b11-8-,20-17-,21-18-,28-26-,47-45-. The van der Waals surface area contributed by atoms with E-state index in [0.29, 0.717) is 19.3 Å². The first-order chi connectivity index (χ1) is 38.0. The maximum absolute atomic E-state index is 12.9. The molecule has 0 aliphatic rings. The molecule has 1 unspecified atom stereocenters. The fraction of sp³-hybridized carbons (Fsp3) is 0.817. The summed E-state index contributed by atoms with van der Waals surface area (Å²) in [6, 6.07) is 0. The highest BCUT2D eigenvalue weighted by molar-refractivity contribution is 5.71. The minimum absolute atomic E-state index is 0.0840. The van der Waals surface area contributed by atoms with Crippen LogP contribution in [0.5, 0.6) is 0 Å². The molecular weight excluding hydrogens is 949 g/mol. The predicted octanol–water partition coefficient (Wildman–Crippen LogP) is 23.1. The molecule has 0 radical (unpaired) electrons. The number of hydrogen-bond donors (Lipinski definition) is 0. The third-order valence-corrected chi connectivity index (χ3v) is 15.0. The average molecular weight is 1080 g/mol. The molecule has 0 aliphatic heterocycles. The van der Waals surface area contributed by atoms with Crippen molar-refractivity contribution >= 4 is 17.9 Å². The summed E-state index contributed by atoms with van der Waals surface area (Å²) in [5, 5.41) is 0. The molecule has 0 fully saturated rings. The van der Waals surface area contributed by atoms with Gasteiger partial charge < -0.3 is 14.2 Å². The van der Waals surface area contributed by atoms with E-state index < -0.39 is 6.10 Å². The molecule has 0 saturated carbocycles. The van der Waals surface area contributed by atoms with Crippen LogP contribution in [0.25, 0.3) is 0 Å². The molecule has 0 heterocycles. The molecule has 0 amide bonds. The monoisotopic (exact) mass is 1080 g/mol. The highest BCUT2D eigenvalue weighted by Gasteiger charge is 2.19. The summed E-state index contributed by atoms with van der Waals surface area (Å²) in [6.45, 7) is 6.52. The van der Waals surface area contributed by atoms with Crippen molar-refractivity contribution in [2.45, 2.75) is 361 Å². The maximum atomic E-state index is 12.9. The summed E-state index contributed by atoms with van der Waals surface area (Å²) in [4.78, 5) is 38.3. The lowest BCUT2D eigenvalue weighted by Gasteiger charge is -2.18. The third kappa shape index (κ3) is 63.8. The molecule has 0 aromatic heterocycles. The largest absolute Gasteiger partial charge is 0.462 e. The molecular formula is C71H128O6. The van der Waals surface area contributed by atoms with Gasteiger partial charge in [-0.15, -0.1) is 0 Å². The van der Waals surface area contributed by atoms with Crippen molar-refractivity contribution in [3.63, 3.8) is 0 Å². The fourth-order valence-corrected chi connectivity index (χ4v) is 9.96. The molecule has 0 N–H and O–H groups in total. The molecule has 0 saturated heterocycles. The van der Waals surface area contributed by atoms with E-state index >= 15 is 0 Å². The quantitative estimate of drug-likeness (QED) is 0.0261. The summed E-state index contributed by atoms with van der Waals surface area (Å²) in [5.74, 6) is -0.900. The Balaban J connectivity index is 4.16. The van der Waals surface area contributed by atoms with E-state index in [0.717, 1.165) is 103 Å². The van der Waals surface area contributed by atoms with Crippen LogP contribution in [0.15, 0.2) is 60.8 Å². The van der Waals surface area contributed by atoms with Crippen LogP contribution in [0.2, 0.25) is 0 Å². The van der Waals surface area contributed by atoms with Gasteiger partial charge in [-0.05, 0) is 83.5 Å². The van der Waals surface area contributed by atoms with Crippen LogP contribution in [-0.4, -0.2) is 37.2 Å². The lowest BCUT2D eigenvalue weighted by atomic mass is 10.0. The summed E-state index contributed by atoms with van der Waals surface area (Å²) >= 11 is 0. The normalized spacial score (nSPS) is 12.4. The van der Waals surface area contributed by atoms with Gasteiger partial charge in [0.2, 0.25) is 0 Å². The Morgan fingerprint density at radius 1 is 0.273 bits per heavy atom. The Morgan fingerprint density at radius 2 is 0.506 bits per heavy atom. The lowest BCUT2D eigenvalue weighted by Crippen LogP contribution is -2.30. The number of hydrogen-bond acceptors (Lipinski definition) is 6. The van der Waals surface area contributed by atoms with Crippen LogP contribution in [0.1, 0.15) is 355 Å². The number of carbonyl (C=O) groups is 3. The molecule has 0 aromatic rings. The summed E-state index contributed by atoms with van der Waals surface area (Å²) < 4.78 is 16.9. The second-order valence-electron chi connectivity index (χ2n) is 22.7. The van der Waals surface area contributed by atoms with Gasteiger partial charge >= 0.3 is 17.9 Å². The van der Waals surface area contributed by atoms with Gasteiger partial charge in [-0.3, -0.25) is 14.4 Å². The highest BCUT2D eigenvalue weighted by atomic mass is 16.6. The smallest absolute Gasteiger partial charge is 0.306 e. The summed E-state index contributed by atoms with van der Waals surface area (Å²) in [6.07, 6.45) is 84.0. The Morgan fingerprint density at radius 3 is 0.831 bits per heavy atom. The lowest BCUT2D eigenvalue weighted by molar-refractivity contribution is -0.167. The second kappa shape index (κ2) is 65.6. The van der Waals surface area contributed by atoms with Gasteiger partial charge in [0, 0.05) is 19.3 Å². The van der Waals surface area contributed by atoms with Crippen molar-refractivity contribution < 1.29 is 28.6 Å². The number of unbranched alkanes of at least 4 members (excludes halogenated alkanes) is 41. The zero-order valence-corrected chi connectivity index (χ0v) is 51.5. The van der Waals surface area contributed by atoms with Crippen molar-refractivity contribution in [3.8, 4) is 0 Å². The van der Waals surface area contributed by atoms with Gasteiger partial charge in [0.1, 0.15) is 13.2 Å². The van der Waals surface area contributed by atoms with Gasteiger partial charge in [0.25, 0.3) is 0 Å². The minimum Gasteiger partial charge on any atom is -0.462 e. The molecule has 77 heavy (non-hydrogen) atoms. The van der Waals surface area contributed by atoms with E-state index in [4.69, 9.17) is 14.2 Å². The van der Waals surface area contributed by atoms with Gasteiger partial charge in [0.05, 0.1) is 0 Å². The van der Waals surface area contributed by atoms with Crippen molar-refractivity contribution in [3.05, 3.63) is 60.8 Å². The van der Waals surface area contributed by atoms with Crippen molar-refractivity contribution in [1.29, 1.82) is 0 Å². The Bertz CT molecular complexity index is 1380. The van der Waals surface area contributed by atoms with Gasteiger partial charge in [-0.25, -0.2) is 0 Å². The van der Waals surface area contributed by atoms with Crippen molar-refractivity contribution in [2.24, 2.45) is 0 Å². The van der Waals surface area contributed by atoms with Crippen LogP contribution in [0.3, 0.4) is 0 Å². The van der Waals surface area contributed by atoms with E-state index in [-0.39, 0.29) is 31.1 Å². The van der Waals surface area contributed by atoms with E-state index in [9.17, 15) is 14.4 Å². The number of esters is 3. The number of carbonyl (C=O) groups excluding carboxylic acids is 3. The zero-order valence-electron chi connectivity index (χ0n) is 51.5. The van der Waals surface area contributed by atoms with E-state index in [1.165, 1.54) is 212 Å². The molecule has 6 heteroatoms. The van der Waals surface area contributed by atoms with Crippen molar-refractivity contribution in [2.75, 3.05) is 13.2 Å². The Kier molecular flexibility index (Phi) is 63.2. The van der Waals surface area contributed by atoms with Gasteiger partial charge in [-0.2, -0.15) is 0 Å². The van der Waals surface area contributed by atoms with Gasteiger partial charge in [-0.1, -0.05) is 313 Å². The molecule has 1 atom stereocenters. The van der Waals surface area contributed by atoms with Crippen LogP contribution in [0.4, 0.5) is 0 Å². The predicted molar refractivity (Wildman–Crippen MR) is 335 cm³/mol. The Hall–Kier alpha value is -2.89. The van der Waals surface area contributed by atoms with E-state index in [1.807, 2.05) is 0 Å². The summed E-state index contributed by atoms with van der Waals surface area (Å²) in [7, 11) is 0. The van der Waals surface area contributed by atoms with Crippen LogP contribution in [0, 0.1) is 0 Å². The molecule has 0 bridgehead atoms. The molecule has 0 aliphatic carbocycles. The minimum atomic E-state index is -0.790. The zero-order chi connectivity index (χ0) is 55.7. The second-order valence-corrected chi connectivity index (χ2v) is 22.7. The number of allylic oxidation sites excluding steroid dienone is 10. The van der Waals surface area contributed by atoms with E-state index in [2.05, 4.69) is 81.5 Å². The molecule has 6 nitrogen and oxygen atoms in total. The molecule has 0 rings (SSSR count). The van der Waals surface area contributed by atoms with Crippen LogP contribution < -0.4 is 0 Å². The van der Waals surface area contributed by atoms with Crippen molar-refractivity contribution in [1.82, 2.24) is 0 Å². The molecule has 0 spiro atoms. The number of ether oxygens (including phenoxy) is 3. The average Bonchev–Trinajstić information content (AvgIpc) is 3.43. The SMILES string of the molecule is CC/C=C\C/C=C\C/C=C\C/C=C\CCCCCCC(=O)OC(COC(=O)CCCCCCC/C=C\CCCCC)COC(=O)CCCCCCCCCCCCCCCCCCCCCCCCCCCCCCCC. The van der Waals surface area contributed by atoms with Crippen LogP contribution in [-0.2, 0) is 28.6 Å². The highest BCUT2D eigenvalue weighted by Crippen LogP contribution is 2.18. The summed E-state index contributed by atoms with van der Waals surface area (Å²) in [5.41, 5.74) is 0. The fourth-order valence-electron chi connectivity index (χ4n) is 9.96. The molecule has 448 valence electrons. The first kappa shape index (κ1) is 74.1.